The fraction of sp³-hybridized carbons (Fsp3) is 0.105. The number of nitrogens with one attached hydrogen (secondary N) is 1. The Balaban J connectivity index is 1.88. The minimum Gasteiger partial charge on any atom is -0.324 e. The van der Waals surface area contributed by atoms with Crippen LogP contribution in [0.4, 0.5) is 11.4 Å². The number of hydrogen-bond donors (Lipinski definition) is 1. The maximum absolute atomic E-state index is 12.5. The first-order chi connectivity index (χ1) is 12.4. The van der Waals surface area contributed by atoms with Gasteiger partial charge in [0.25, 0.3) is 0 Å². The number of anilines is 2. The maximum Gasteiger partial charge on any atom is 0.245 e. The summed E-state index contributed by atoms with van der Waals surface area (Å²) >= 11 is 6.11. The smallest absolute Gasteiger partial charge is 0.245 e. The summed E-state index contributed by atoms with van der Waals surface area (Å²) in [5.74, 6) is -0.452. The van der Waals surface area contributed by atoms with Crippen LogP contribution in [-0.2, 0) is 14.8 Å². The highest BCUT2D eigenvalue weighted by Crippen LogP contribution is 2.27. The fourth-order valence-corrected chi connectivity index (χ4v) is 3.85. The highest BCUT2D eigenvalue weighted by molar-refractivity contribution is 7.92. The van der Waals surface area contributed by atoms with Crippen LogP contribution in [0.5, 0.6) is 0 Å². The van der Waals surface area contributed by atoms with Gasteiger partial charge in [-0.15, -0.1) is 0 Å². The molecule has 0 fully saturated rings. The van der Waals surface area contributed by atoms with E-state index >= 15 is 0 Å². The molecule has 3 rings (SSSR count). The minimum absolute atomic E-state index is 0.260. The summed E-state index contributed by atoms with van der Waals surface area (Å²) in [6.07, 6.45) is 1.04. The van der Waals surface area contributed by atoms with Crippen molar-refractivity contribution in [3.8, 4) is 0 Å². The van der Waals surface area contributed by atoms with Crippen molar-refractivity contribution in [3.63, 3.8) is 0 Å². The van der Waals surface area contributed by atoms with Crippen LogP contribution in [0, 0.1) is 0 Å². The summed E-state index contributed by atoms with van der Waals surface area (Å²) in [5.41, 5.74) is 0.894. The monoisotopic (exact) mass is 388 g/mol. The second kappa shape index (κ2) is 7.35. The molecule has 7 heteroatoms. The van der Waals surface area contributed by atoms with E-state index in [-0.39, 0.29) is 17.3 Å². The van der Waals surface area contributed by atoms with E-state index in [1.54, 1.807) is 30.3 Å². The first-order valence-corrected chi connectivity index (χ1v) is 10.1. The molecule has 0 aliphatic heterocycles. The SMILES string of the molecule is CS(=O)(=O)N(CC(=O)Nc1cccc2ccccc12)c1ccccc1Cl. The molecule has 3 aromatic carbocycles. The van der Waals surface area contributed by atoms with Crippen molar-refractivity contribution in [2.24, 2.45) is 0 Å². The minimum atomic E-state index is -3.68. The number of nitrogens with zero attached hydrogens (tertiary/aromatic N) is 1. The van der Waals surface area contributed by atoms with Gasteiger partial charge in [-0.25, -0.2) is 8.42 Å². The van der Waals surface area contributed by atoms with E-state index in [0.717, 1.165) is 21.3 Å². The predicted molar refractivity (Wildman–Crippen MR) is 106 cm³/mol. The second-order valence-electron chi connectivity index (χ2n) is 5.80. The number of fused-ring (bicyclic) bond motifs is 1. The molecule has 5 nitrogen and oxygen atoms in total. The number of halogens is 1. The van der Waals surface area contributed by atoms with Crippen LogP contribution in [-0.4, -0.2) is 27.1 Å². The van der Waals surface area contributed by atoms with Gasteiger partial charge < -0.3 is 5.32 Å². The number of para-hydroxylation sites is 1. The largest absolute Gasteiger partial charge is 0.324 e. The van der Waals surface area contributed by atoms with E-state index < -0.39 is 15.9 Å². The lowest BCUT2D eigenvalue weighted by molar-refractivity contribution is -0.114. The summed E-state index contributed by atoms with van der Waals surface area (Å²) in [4.78, 5) is 12.5. The first kappa shape index (κ1) is 18.2. The number of amides is 1. The molecule has 0 bridgehead atoms. The van der Waals surface area contributed by atoms with E-state index in [9.17, 15) is 13.2 Å². The van der Waals surface area contributed by atoms with Gasteiger partial charge >= 0.3 is 0 Å². The molecule has 0 atom stereocenters. The van der Waals surface area contributed by atoms with Gasteiger partial charge in [-0.2, -0.15) is 0 Å². The van der Waals surface area contributed by atoms with Crippen LogP contribution < -0.4 is 9.62 Å². The highest BCUT2D eigenvalue weighted by atomic mass is 35.5. The molecule has 0 saturated carbocycles. The molecule has 0 radical (unpaired) electrons. The van der Waals surface area contributed by atoms with Crippen molar-refractivity contribution >= 4 is 49.7 Å². The molecular formula is C19H17ClN2O3S. The highest BCUT2D eigenvalue weighted by Gasteiger charge is 2.23. The van der Waals surface area contributed by atoms with Gasteiger partial charge in [-0.05, 0) is 23.6 Å². The van der Waals surface area contributed by atoms with Crippen LogP contribution in [0.3, 0.4) is 0 Å². The van der Waals surface area contributed by atoms with Gasteiger partial charge in [0.2, 0.25) is 15.9 Å². The molecule has 0 saturated heterocycles. The summed E-state index contributed by atoms with van der Waals surface area (Å²) < 4.78 is 25.3. The molecule has 26 heavy (non-hydrogen) atoms. The number of rotatable bonds is 5. The normalized spacial score (nSPS) is 11.3. The molecular weight excluding hydrogens is 372 g/mol. The van der Waals surface area contributed by atoms with Crippen molar-refractivity contribution < 1.29 is 13.2 Å². The van der Waals surface area contributed by atoms with Crippen molar-refractivity contribution in [2.45, 2.75) is 0 Å². The number of hydrogen-bond acceptors (Lipinski definition) is 3. The summed E-state index contributed by atoms with van der Waals surface area (Å²) in [6.45, 7) is -0.369. The predicted octanol–water partition coefficient (Wildman–Crippen LogP) is 3.90. The molecule has 0 aliphatic rings. The van der Waals surface area contributed by atoms with Crippen molar-refractivity contribution in [3.05, 3.63) is 71.8 Å². The van der Waals surface area contributed by atoms with E-state index in [1.807, 2.05) is 36.4 Å². The second-order valence-corrected chi connectivity index (χ2v) is 8.11. The molecule has 1 amide bonds. The Labute approximate surface area is 157 Å². The summed E-state index contributed by atoms with van der Waals surface area (Å²) in [6, 6.07) is 19.7. The van der Waals surface area contributed by atoms with Gasteiger partial charge in [-0.3, -0.25) is 9.10 Å². The third-order valence-corrected chi connectivity index (χ3v) is 5.32. The van der Waals surface area contributed by atoms with Gasteiger partial charge in [0, 0.05) is 11.1 Å². The average molecular weight is 389 g/mol. The molecule has 3 aromatic rings. The summed E-state index contributed by atoms with van der Waals surface area (Å²) in [5, 5.41) is 4.91. The van der Waals surface area contributed by atoms with Crippen molar-refractivity contribution in [2.75, 3.05) is 22.4 Å². The third-order valence-electron chi connectivity index (χ3n) is 3.87. The quantitative estimate of drug-likeness (QED) is 0.720. The van der Waals surface area contributed by atoms with Crippen molar-refractivity contribution in [1.29, 1.82) is 0 Å². The first-order valence-electron chi connectivity index (χ1n) is 7.86. The maximum atomic E-state index is 12.5. The van der Waals surface area contributed by atoms with Crippen LogP contribution in [0.2, 0.25) is 5.02 Å². The van der Waals surface area contributed by atoms with E-state index in [2.05, 4.69) is 5.32 Å². The molecule has 0 aromatic heterocycles. The van der Waals surface area contributed by atoms with E-state index in [1.165, 1.54) is 0 Å². The molecule has 134 valence electrons. The fourth-order valence-electron chi connectivity index (χ4n) is 2.69. The Kier molecular flexibility index (Phi) is 5.15. The van der Waals surface area contributed by atoms with Gasteiger partial charge in [0.1, 0.15) is 6.54 Å². The zero-order chi connectivity index (χ0) is 18.7. The van der Waals surface area contributed by atoms with E-state index in [0.29, 0.717) is 5.69 Å². The van der Waals surface area contributed by atoms with Crippen LogP contribution in [0.15, 0.2) is 66.7 Å². The third kappa shape index (κ3) is 3.98. The Morgan fingerprint density at radius 2 is 1.65 bits per heavy atom. The van der Waals surface area contributed by atoms with Crippen LogP contribution >= 0.6 is 11.6 Å². The summed E-state index contributed by atoms with van der Waals surface area (Å²) in [7, 11) is -3.68. The van der Waals surface area contributed by atoms with Gasteiger partial charge in [0.15, 0.2) is 0 Å². The topological polar surface area (TPSA) is 66.5 Å². The lowest BCUT2D eigenvalue weighted by atomic mass is 10.1. The average Bonchev–Trinajstić information content (AvgIpc) is 2.60. The zero-order valence-electron chi connectivity index (χ0n) is 14.0. The van der Waals surface area contributed by atoms with E-state index in [4.69, 9.17) is 11.6 Å². The number of sulfonamides is 1. The Morgan fingerprint density at radius 3 is 2.38 bits per heavy atom. The van der Waals surface area contributed by atoms with Gasteiger partial charge in [0.05, 0.1) is 17.0 Å². The molecule has 0 unspecified atom stereocenters. The number of carbonyl (C=O) groups is 1. The van der Waals surface area contributed by atoms with Crippen LogP contribution in [0.1, 0.15) is 0 Å². The lowest BCUT2D eigenvalue weighted by Gasteiger charge is -2.23. The lowest BCUT2D eigenvalue weighted by Crippen LogP contribution is -2.37. The Bertz CT molecular complexity index is 1060. The molecule has 0 spiro atoms. The Morgan fingerprint density at radius 1 is 1.00 bits per heavy atom. The molecule has 0 aliphatic carbocycles. The van der Waals surface area contributed by atoms with Crippen molar-refractivity contribution in [1.82, 2.24) is 0 Å². The number of benzene rings is 3. The molecule has 0 heterocycles. The number of carbonyl (C=O) groups excluding carboxylic acids is 1. The zero-order valence-corrected chi connectivity index (χ0v) is 15.6. The van der Waals surface area contributed by atoms with Crippen LogP contribution in [0.25, 0.3) is 10.8 Å². The molecule has 1 N–H and O–H groups in total. The standard InChI is InChI=1S/C19H17ClN2O3S/c1-26(24,25)22(18-12-5-4-10-16(18)20)13-19(23)21-17-11-6-8-14-7-2-3-9-15(14)17/h2-12H,13H2,1H3,(H,21,23). The van der Waals surface area contributed by atoms with Gasteiger partial charge in [-0.1, -0.05) is 60.1 Å². The Hall–Kier alpha value is -2.57.